The molecule has 0 spiro atoms. The van der Waals surface area contributed by atoms with E-state index in [0.717, 1.165) is 43.1 Å². The van der Waals surface area contributed by atoms with Gasteiger partial charge in [0.1, 0.15) is 0 Å². The van der Waals surface area contributed by atoms with Crippen LogP contribution < -0.4 is 15.5 Å². The topological polar surface area (TPSA) is 234 Å². The average Bonchev–Trinajstić information content (AvgIpc) is 3.41. The van der Waals surface area contributed by atoms with Crippen molar-refractivity contribution in [3.63, 3.8) is 0 Å². The summed E-state index contributed by atoms with van der Waals surface area (Å²) < 4.78 is 58.7. The molecule has 51 heavy (non-hydrogen) atoms. The highest BCUT2D eigenvalue weighted by atomic mass is 32.3. The number of carbonyl (C=O) groups is 3. The van der Waals surface area contributed by atoms with Gasteiger partial charge in [-0.3, -0.25) is 23.6 Å². The lowest BCUT2D eigenvalue weighted by atomic mass is 9.99. The fourth-order valence-corrected chi connectivity index (χ4v) is 6.29. The third kappa shape index (κ3) is 10.4. The lowest BCUT2D eigenvalue weighted by Gasteiger charge is -2.32. The number of benzene rings is 3. The standard InChI is InChI=1S/C31H33N5O4.C2H6O6S2.H2O/c1-34-15-17-36(18-16-34)20-27(37)35(2)24-12-10-23(11-13-24)32-29(21-7-5-4-6-8-21)28-25-14-9-22(31(39)40-3)19-26(25)33-30(28)38;1-2(9(3,4)5)10(6,7)8;/h4-14,19,32H,15-18,20H2,1-3H3,(H,33,38);2H,1H3,(H,3,4,5)(H,6,7,8);1H2/b29-28-;;. The predicted octanol–water partition coefficient (Wildman–Crippen LogP) is 1.90. The van der Waals surface area contributed by atoms with Crippen molar-refractivity contribution in [3.8, 4) is 0 Å². The minimum atomic E-state index is -4.70. The minimum absolute atomic E-state index is 0. The normalized spacial score (nSPS) is 15.8. The lowest BCUT2D eigenvalue weighted by molar-refractivity contribution is -0.119. The zero-order chi connectivity index (χ0) is 36.8. The first-order chi connectivity index (χ1) is 23.5. The smallest absolute Gasteiger partial charge is 0.337 e. The van der Waals surface area contributed by atoms with Crippen LogP contribution in [0, 0.1) is 0 Å². The van der Waals surface area contributed by atoms with Crippen molar-refractivity contribution in [1.82, 2.24) is 9.80 Å². The summed E-state index contributed by atoms with van der Waals surface area (Å²) in [5.74, 6) is -0.694. The molecule has 3 aromatic rings. The number of nitrogens with zero attached hydrogens (tertiary/aromatic N) is 3. The summed E-state index contributed by atoms with van der Waals surface area (Å²) in [5.41, 5.74) is 5.10. The van der Waals surface area contributed by atoms with E-state index in [1.54, 1.807) is 30.1 Å². The zero-order valence-electron chi connectivity index (χ0n) is 28.4. The summed E-state index contributed by atoms with van der Waals surface area (Å²) in [7, 11) is -4.19. The Bertz CT molecular complexity index is 1950. The molecule has 2 aliphatic rings. The van der Waals surface area contributed by atoms with E-state index < -0.39 is 30.8 Å². The average molecular weight is 748 g/mol. The fourth-order valence-electron chi connectivity index (χ4n) is 5.06. The molecule has 2 amide bonds. The monoisotopic (exact) mass is 747 g/mol. The third-order valence-corrected chi connectivity index (χ3v) is 11.3. The molecule has 0 aliphatic carbocycles. The summed E-state index contributed by atoms with van der Waals surface area (Å²) >= 11 is 0. The van der Waals surface area contributed by atoms with Gasteiger partial charge >= 0.3 is 5.97 Å². The first-order valence-electron chi connectivity index (χ1n) is 15.3. The molecule has 0 bridgehead atoms. The summed E-state index contributed by atoms with van der Waals surface area (Å²) in [4.78, 5) is 44.3. The van der Waals surface area contributed by atoms with Crippen LogP contribution in [0.3, 0.4) is 0 Å². The van der Waals surface area contributed by atoms with E-state index in [0.29, 0.717) is 41.6 Å². The highest BCUT2D eigenvalue weighted by Gasteiger charge is 2.31. The van der Waals surface area contributed by atoms with Gasteiger partial charge in [0.15, 0.2) is 0 Å². The van der Waals surface area contributed by atoms with Crippen molar-refractivity contribution in [2.45, 2.75) is 11.5 Å². The molecule has 0 aromatic heterocycles. The van der Waals surface area contributed by atoms with Crippen molar-refractivity contribution in [2.75, 3.05) is 69.5 Å². The number of likely N-dealkylation sites (N-methyl/N-ethyl adjacent to an activating group) is 2. The van der Waals surface area contributed by atoms with Crippen LogP contribution in [0.4, 0.5) is 17.1 Å². The number of methoxy groups -OCH3 is 1. The number of esters is 1. The molecule has 1 saturated heterocycles. The van der Waals surface area contributed by atoms with E-state index >= 15 is 0 Å². The summed E-state index contributed by atoms with van der Waals surface area (Å²) in [5, 5.41) is 6.31. The van der Waals surface area contributed by atoms with Gasteiger partial charge in [0, 0.05) is 50.2 Å². The van der Waals surface area contributed by atoms with E-state index in [1.807, 2.05) is 54.6 Å². The lowest BCUT2D eigenvalue weighted by Crippen LogP contribution is -2.48. The maximum Gasteiger partial charge on any atom is 0.337 e. The molecule has 18 heteroatoms. The number of amides is 2. The van der Waals surface area contributed by atoms with Crippen molar-refractivity contribution >= 4 is 66.4 Å². The molecule has 2 aliphatic heterocycles. The van der Waals surface area contributed by atoms with E-state index in [-0.39, 0.29) is 17.3 Å². The van der Waals surface area contributed by atoms with Crippen molar-refractivity contribution < 1.29 is 50.5 Å². The maximum atomic E-state index is 13.2. The molecular formula is C33H41N5O11S2. The number of hydrogen-bond acceptors (Lipinski definition) is 11. The van der Waals surface area contributed by atoms with Gasteiger partial charge in [-0.1, -0.05) is 36.4 Å². The highest BCUT2D eigenvalue weighted by molar-refractivity contribution is 8.03. The number of fused-ring (bicyclic) bond motifs is 1. The molecule has 1 fully saturated rings. The van der Waals surface area contributed by atoms with Crippen LogP contribution in [0.15, 0.2) is 72.8 Å². The molecule has 0 unspecified atom stereocenters. The van der Waals surface area contributed by atoms with Gasteiger partial charge < -0.3 is 30.6 Å². The Morgan fingerprint density at radius 1 is 0.922 bits per heavy atom. The highest BCUT2D eigenvalue weighted by Crippen LogP contribution is 2.38. The number of carbonyl (C=O) groups excluding carboxylic acids is 3. The maximum absolute atomic E-state index is 13.2. The fraction of sp³-hybridized carbons (Fsp3) is 0.303. The SMILES string of the molecule is CC(S(=O)(=O)O)S(=O)(=O)O.COC(=O)c1ccc2c(c1)NC(=O)/C2=C(\Nc1ccc(N(C)C(=O)CN2CCN(C)CC2)cc1)c1ccccc1.O. The molecule has 0 atom stereocenters. The van der Waals surface area contributed by atoms with Crippen LogP contribution in [0.1, 0.15) is 28.4 Å². The second-order valence-corrected chi connectivity index (χ2v) is 15.4. The van der Waals surface area contributed by atoms with Crippen LogP contribution in [-0.4, -0.2) is 118 Å². The number of piperazine rings is 1. The summed E-state index contributed by atoms with van der Waals surface area (Å²) in [6.45, 7) is 4.75. The zero-order valence-corrected chi connectivity index (χ0v) is 30.0. The molecule has 6 N–H and O–H groups in total. The van der Waals surface area contributed by atoms with Crippen LogP contribution in [0.5, 0.6) is 0 Å². The molecule has 5 rings (SSSR count). The van der Waals surface area contributed by atoms with E-state index in [4.69, 9.17) is 13.8 Å². The summed E-state index contributed by atoms with van der Waals surface area (Å²) in [6, 6.07) is 22.2. The van der Waals surface area contributed by atoms with Crippen LogP contribution in [0.25, 0.3) is 11.3 Å². The molecule has 0 radical (unpaired) electrons. The molecular weight excluding hydrogens is 707 g/mol. The van der Waals surface area contributed by atoms with E-state index in [9.17, 15) is 31.2 Å². The molecule has 3 aromatic carbocycles. The molecule has 276 valence electrons. The van der Waals surface area contributed by atoms with Gasteiger partial charge in [-0.2, -0.15) is 16.8 Å². The third-order valence-electron chi connectivity index (χ3n) is 8.19. The van der Waals surface area contributed by atoms with Gasteiger partial charge in [0.05, 0.1) is 36.2 Å². The molecule has 16 nitrogen and oxygen atoms in total. The molecule has 0 saturated carbocycles. The predicted molar refractivity (Wildman–Crippen MR) is 193 cm³/mol. The second-order valence-electron chi connectivity index (χ2n) is 11.6. The minimum Gasteiger partial charge on any atom is -0.465 e. The number of rotatable bonds is 9. The van der Waals surface area contributed by atoms with Crippen molar-refractivity contribution in [3.05, 3.63) is 89.5 Å². The largest absolute Gasteiger partial charge is 0.465 e. The van der Waals surface area contributed by atoms with Crippen LogP contribution in [0.2, 0.25) is 0 Å². The first-order valence-corrected chi connectivity index (χ1v) is 18.3. The number of ether oxygens (including phenoxy) is 1. The van der Waals surface area contributed by atoms with Gasteiger partial charge in [-0.15, -0.1) is 0 Å². The first kappa shape index (κ1) is 40.7. The molecule has 2 heterocycles. The number of nitrogens with one attached hydrogen (secondary N) is 2. The Kier molecular flexibility index (Phi) is 13.6. The van der Waals surface area contributed by atoms with E-state index in [2.05, 4.69) is 27.5 Å². The van der Waals surface area contributed by atoms with Crippen LogP contribution in [-0.2, 0) is 34.6 Å². The Labute approximate surface area is 296 Å². The quantitative estimate of drug-likeness (QED) is 0.139. The summed E-state index contributed by atoms with van der Waals surface area (Å²) in [6.07, 6.45) is 0. The number of anilines is 3. The van der Waals surface area contributed by atoms with Crippen molar-refractivity contribution in [1.29, 1.82) is 0 Å². The number of hydrogen-bond donors (Lipinski definition) is 4. The Hall–Kier alpha value is -4.69. The Balaban J connectivity index is 0.000000559. The van der Waals surface area contributed by atoms with Gasteiger partial charge in [-0.25, -0.2) is 4.79 Å². The Morgan fingerprint density at radius 3 is 2.04 bits per heavy atom. The van der Waals surface area contributed by atoms with Crippen LogP contribution >= 0.6 is 0 Å². The van der Waals surface area contributed by atoms with E-state index in [1.165, 1.54) is 7.11 Å². The van der Waals surface area contributed by atoms with Gasteiger partial charge in [0.2, 0.25) is 10.5 Å². The second kappa shape index (κ2) is 17.0. The van der Waals surface area contributed by atoms with Gasteiger partial charge in [0.25, 0.3) is 26.1 Å². The van der Waals surface area contributed by atoms with Crippen molar-refractivity contribution in [2.24, 2.45) is 0 Å². The Morgan fingerprint density at radius 2 is 1.51 bits per heavy atom. The van der Waals surface area contributed by atoms with Gasteiger partial charge in [-0.05, 0) is 55.9 Å².